The summed E-state index contributed by atoms with van der Waals surface area (Å²) in [5.74, 6) is 0.579. The molecule has 174 valence electrons. The first-order valence-corrected chi connectivity index (χ1v) is 11.0. The van der Waals surface area contributed by atoms with Crippen LogP contribution in [0.3, 0.4) is 0 Å². The molecule has 0 bridgehead atoms. The van der Waals surface area contributed by atoms with Gasteiger partial charge in [-0.25, -0.2) is 9.97 Å². The normalized spacial score (nSPS) is 18.8. The van der Waals surface area contributed by atoms with Crippen LogP contribution in [0.5, 0.6) is 0 Å². The highest BCUT2D eigenvalue weighted by atomic mass is 19.4. The molecule has 0 radical (unpaired) electrons. The van der Waals surface area contributed by atoms with E-state index in [4.69, 9.17) is 9.97 Å². The molecule has 0 amide bonds. The maximum absolute atomic E-state index is 13.1. The third kappa shape index (κ3) is 4.31. The average molecular weight is 466 g/mol. The van der Waals surface area contributed by atoms with Gasteiger partial charge in [0.15, 0.2) is 0 Å². The topological polar surface area (TPSA) is 91.8 Å². The molecular formula is C25H21F3N4O2. The fourth-order valence-corrected chi connectivity index (χ4v) is 4.38. The van der Waals surface area contributed by atoms with Crippen LogP contribution in [0, 0.1) is 0 Å². The Morgan fingerprint density at radius 2 is 1.71 bits per heavy atom. The Labute approximate surface area is 192 Å². The highest BCUT2D eigenvalue weighted by Crippen LogP contribution is 2.34. The summed E-state index contributed by atoms with van der Waals surface area (Å²) >= 11 is 0. The lowest BCUT2D eigenvalue weighted by Crippen LogP contribution is -2.21. The number of hydrogen-bond acceptors (Lipinski definition) is 5. The second-order valence-electron chi connectivity index (χ2n) is 8.53. The summed E-state index contributed by atoms with van der Waals surface area (Å²) in [7, 11) is 0. The molecule has 1 aliphatic carbocycles. The van der Waals surface area contributed by atoms with E-state index < -0.39 is 11.7 Å². The first-order valence-electron chi connectivity index (χ1n) is 11.0. The van der Waals surface area contributed by atoms with Crippen molar-refractivity contribution in [1.29, 1.82) is 0 Å². The lowest BCUT2D eigenvalue weighted by Gasteiger charge is -2.24. The highest BCUT2D eigenvalue weighted by molar-refractivity contribution is 5.93. The van der Waals surface area contributed by atoms with Gasteiger partial charge in [0.05, 0.1) is 28.4 Å². The van der Waals surface area contributed by atoms with Gasteiger partial charge in [0.25, 0.3) is 5.56 Å². The van der Waals surface area contributed by atoms with Crippen molar-refractivity contribution in [2.24, 2.45) is 0 Å². The lowest BCUT2D eigenvalue weighted by atomic mass is 9.87. The Bertz CT molecular complexity index is 1380. The average Bonchev–Trinajstić information content (AvgIpc) is 2.84. The predicted octanol–water partition coefficient (Wildman–Crippen LogP) is 5.08. The van der Waals surface area contributed by atoms with Gasteiger partial charge in [0.1, 0.15) is 11.3 Å². The summed E-state index contributed by atoms with van der Waals surface area (Å²) < 4.78 is 39.0. The van der Waals surface area contributed by atoms with Crippen molar-refractivity contribution in [1.82, 2.24) is 19.9 Å². The van der Waals surface area contributed by atoms with Crippen LogP contribution in [0.25, 0.3) is 33.4 Å². The van der Waals surface area contributed by atoms with Crippen molar-refractivity contribution in [3.8, 4) is 22.5 Å². The number of aromatic nitrogens is 4. The molecule has 1 fully saturated rings. The maximum atomic E-state index is 13.1. The number of H-pyrrole nitrogens is 1. The first-order chi connectivity index (χ1) is 16.3. The van der Waals surface area contributed by atoms with Crippen molar-refractivity contribution in [2.45, 2.75) is 43.9 Å². The molecule has 3 aromatic heterocycles. The highest BCUT2D eigenvalue weighted by Gasteiger charge is 2.30. The predicted molar refractivity (Wildman–Crippen MR) is 121 cm³/mol. The molecule has 0 spiro atoms. The minimum absolute atomic E-state index is 0.0248. The van der Waals surface area contributed by atoms with Gasteiger partial charge in [-0.2, -0.15) is 13.2 Å². The molecule has 9 heteroatoms. The number of fused-ring (bicyclic) bond motifs is 1. The minimum atomic E-state index is -4.44. The monoisotopic (exact) mass is 466 g/mol. The number of halogens is 3. The Kier molecular flexibility index (Phi) is 5.65. The van der Waals surface area contributed by atoms with Gasteiger partial charge in [0, 0.05) is 29.4 Å². The molecule has 0 atom stereocenters. The van der Waals surface area contributed by atoms with Gasteiger partial charge in [-0.3, -0.25) is 9.78 Å². The number of benzene rings is 1. The van der Waals surface area contributed by atoms with E-state index in [1.807, 2.05) is 0 Å². The Morgan fingerprint density at radius 3 is 2.35 bits per heavy atom. The molecule has 6 nitrogen and oxygen atoms in total. The molecule has 5 rings (SSSR count). The summed E-state index contributed by atoms with van der Waals surface area (Å²) in [6, 6.07) is 9.76. The van der Waals surface area contributed by atoms with Crippen LogP contribution in [-0.2, 0) is 6.18 Å². The van der Waals surface area contributed by atoms with Crippen molar-refractivity contribution in [3.05, 3.63) is 76.6 Å². The van der Waals surface area contributed by atoms with E-state index in [1.54, 1.807) is 30.6 Å². The Hall–Kier alpha value is -3.59. The molecule has 1 aromatic carbocycles. The van der Waals surface area contributed by atoms with Crippen LogP contribution in [0.15, 0.2) is 59.7 Å². The summed E-state index contributed by atoms with van der Waals surface area (Å²) in [4.78, 5) is 29.6. The number of nitrogens with one attached hydrogen (secondary N) is 1. The smallest absolute Gasteiger partial charge is 0.393 e. The summed E-state index contributed by atoms with van der Waals surface area (Å²) in [5, 5.41) is 10.1. The fraction of sp³-hybridized carbons (Fsp3) is 0.280. The minimum Gasteiger partial charge on any atom is -0.393 e. The molecule has 0 aliphatic heterocycles. The molecule has 0 unspecified atom stereocenters. The SMILES string of the molecule is O=c1[nH]c(C2CCC(O)CC2)nc2c(-c3cccnc3)nc(-c3ccc(C(F)(F)F)cc3)cc12. The van der Waals surface area contributed by atoms with E-state index in [0.717, 1.165) is 25.0 Å². The zero-order chi connectivity index (χ0) is 23.9. The molecule has 0 saturated heterocycles. The second-order valence-corrected chi connectivity index (χ2v) is 8.53. The van der Waals surface area contributed by atoms with Gasteiger partial charge >= 0.3 is 6.18 Å². The van der Waals surface area contributed by atoms with Gasteiger partial charge in [-0.15, -0.1) is 0 Å². The molecule has 2 N–H and O–H groups in total. The third-order valence-electron chi connectivity index (χ3n) is 6.24. The van der Waals surface area contributed by atoms with E-state index in [1.165, 1.54) is 12.1 Å². The van der Waals surface area contributed by atoms with Crippen molar-refractivity contribution >= 4 is 10.9 Å². The summed E-state index contributed by atoms with van der Waals surface area (Å²) in [6.07, 6.45) is 1.18. The molecule has 4 aromatic rings. The number of nitrogens with zero attached hydrogens (tertiary/aromatic N) is 3. The Balaban J connectivity index is 1.67. The van der Waals surface area contributed by atoms with E-state index in [2.05, 4.69) is 9.97 Å². The Morgan fingerprint density at radius 1 is 0.971 bits per heavy atom. The molecule has 3 heterocycles. The number of aliphatic hydroxyl groups is 1. The zero-order valence-corrected chi connectivity index (χ0v) is 18.0. The first kappa shape index (κ1) is 22.2. The van der Waals surface area contributed by atoms with Gasteiger partial charge in [-0.05, 0) is 56.0 Å². The number of rotatable bonds is 3. The number of pyridine rings is 2. The number of alkyl halides is 3. The van der Waals surface area contributed by atoms with Crippen LogP contribution in [0.2, 0.25) is 0 Å². The molecule has 1 aliphatic rings. The van der Waals surface area contributed by atoms with E-state index in [-0.39, 0.29) is 17.6 Å². The van der Waals surface area contributed by atoms with E-state index >= 15 is 0 Å². The number of aliphatic hydroxyl groups excluding tert-OH is 1. The largest absolute Gasteiger partial charge is 0.416 e. The lowest BCUT2D eigenvalue weighted by molar-refractivity contribution is -0.137. The van der Waals surface area contributed by atoms with Crippen LogP contribution in [0.1, 0.15) is 43.0 Å². The standard InChI is InChI=1S/C25H21F3N4O2/c26-25(27,28)17-7-3-14(4-8-17)20-12-19-22(21(30-20)16-2-1-11-29-13-16)31-23(32-24(19)34)15-5-9-18(33)10-6-15/h1-4,7-8,11-13,15,18,33H,5-6,9-10H2,(H,31,32,34). The fourth-order valence-electron chi connectivity index (χ4n) is 4.38. The number of aromatic amines is 1. The quantitative estimate of drug-likeness (QED) is 0.439. The van der Waals surface area contributed by atoms with Gasteiger partial charge in [0.2, 0.25) is 0 Å². The maximum Gasteiger partial charge on any atom is 0.416 e. The van der Waals surface area contributed by atoms with E-state index in [9.17, 15) is 23.1 Å². The van der Waals surface area contributed by atoms with Gasteiger partial charge < -0.3 is 10.1 Å². The van der Waals surface area contributed by atoms with E-state index in [0.29, 0.717) is 52.1 Å². The molecule has 34 heavy (non-hydrogen) atoms. The summed E-state index contributed by atoms with van der Waals surface area (Å²) in [5.41, 5.74) is 1.20. The second kappa shape index (κ2) is 8.64. The van der Waals surface area contributed by atoms with Crippen molar-refractivity contribution in [2.75, 3.05) is 0 Å². The van der Waals surface area contributed by atoms with Crippen LogP contribution < -0.4 is 5.56 Å². The third-order valence-corrected chi connectivity index (χ3v) is 6.24. The van der Waals surface area contributed by atoms with Crippen LogP contribution in [0.4, 0.5) is 13.2 Å². The summed E-state index contributed by atoms with van der Waals surface area (Å²) in [6.45, 7) is 0. The molecule has 1 saturated carbocycles. The van der Waals surface area contributed by atoms with Crippen LogP contribution >= 0.6 is 0 Å². The number of hydrogen-bond donors (Lipinski definition) is 2. The van der Waals surface area contributed by atoms with Crippen molar-refractivity contribution < 1.29 is 18.3 Å². The zero-order valence-electron chi connectivity index (χ0n) is 18.0. The van der Waals surface area contributed by atoms with Crippen molar-refractivity contribution in [3.63, 3.8) is 0 Å². The van der Waals surface area contributed by atoms with Gasteiger partial charge in [-0.1, -0.05) is 12.1 Å². The molecular weight excluding hydrogens is 445 g/mol. The van der Waals surface area contributed by atoms with Crippen LogP contribution in [-0.4, -0.2) is 31.1 Å².